The Hall–Kier alpha value is -1.06. The Morgan fingerprint density at radius 2 is 2.18 bits per heavy atom. The molecule has 0 radical (unpaired) electrons. The van der Waals surface area contributed by atoms with Gasteiger partial charge in [0.15, 0.2) is 0 Å². The highest BCUT2D eigenvalue weighted by atomic mass is 16.4. The van der Waals surface area contributed by atoms with Crippen LogP contribution in [0.5, 0.6) is 0 Å². The van der Waals surface area contributed by atoms with Crippen LogP contribution in [0.15, 0.2) is 0 Å². The lowest BCUT2D eigenvalue weighted by Gasteiger charge is -1.97. The molecule has 0 aromatic carbocycles. The van der Waals surface area contributed by atoms with Crippen molar-refractivity contribution in [1.82, 2.24) is 5.32 Å². The van der Waals surface area contributed by atoms with Crippen molar-refractivity contribution in [2.75, 3.05) is 6.54 Å². The van der Waals surface area contributed by atoms with E-state index in [0.29, 0.717) is 13.0 Å². The predicted molar refractivity (Wildman–Crippen MR) is 37.9 cm³/mol. The maximum absolute atomic E-state index is 10.9. The molecular weight excluding hydrogens is 146 g/mol. The summed E-state index contributed by atoms with van der Waals surface area (Å²) in [4.78, 5) is 21.2. The molecule has 4 heteroatoms. The lowest BCUT2D eigenvalue weighted by Crippen LogP contribution is -2.25. The number of aliphatic carboxylic acids is 1. The maximum Gasteiger partial charge on any atom is 0.307 e. The van der Waals surface area contributed by atoms with Gasteiger partial charge in [-0.3, -0.25) is 9.59 Å². The zero-order valence-corrected chi connectivity index (χ0v) is 6.33. The van der Waals surface area contributed by atoms with E-state index in [2.05, 4.69) is 5.32 Å². The maximum atomic E-state index is 10.9. The molecule has 1 aliphatic rings. The second-order valence-corrected chi connectivity index (χ2v) is 2.68. The summed E-state index contributed by atoms with van der Waals surface area (Å²) in [7, 11) is 0. The van der Waals surface area contributed by atoms with Gasteiger partial charge in [0.2, 0.25) is 5.91 Å². The molecule has 0 unspecified atom stereocenters. The van der Waals surface area contributed by atoms with Gasteiger partial charge in [0.1, 0.15) is 0 Å². The van der Waals surface area contributed by atoms with Gasteiger partial charge in [0, 0.05) is 6.54 Å². The molecule has 1 saturated carbocycles. The van der Waals surface area contributed by atoms with Crippen LogP contribution in [0.3, 0.4) is 0 Å². The molecule has 2 N–H and O–H groups in total. The van der Waals surface area contributed by atoms with Gasteiger partial charge in [-0.15, -0.1) is 0 Å². The van der Waals surface area contributed by atoms with Crippen LogP contribution in [-0.4, -0.2) is 23.5 Å². The highest BCUT2D eigenvalue weighted by molar-refractivity contribution is 5.89. The molecule has 0 aliphatic heterocycles. The smallest absolute Gasteiger partial charge is 0.307 e. The summed E-state index contributed by atoms with van der Waals surface area (Å²) in [6.07, 6.45) is 0.501. The van der Waals surface area contributed by atoms with Crippen LogP contribution in [0, 0.1) is 11.8 Å². The molecule has 0 aromatic heterocycles. The Labute approximate surface area is 64.6 Å². The average molecular weight is 157 g/mol. The summed E-state index contributed by atoms with van der Waals surface area (Å²) >= 11 is 0. The molecule has 1 fully saturated rings. The van der Waals surface area contributed by atoms with E-state index in [4.69, 9.17) is 5.11 Å². The summed E-state index contributed by atoms with van der Waals surface area (Å²) < 4.78 is 0. The lowest BCUT2D eigenvalue weighted by atomic mass is 10.3. The third-order valence-corrected chi connectivity index (χ3v) is 1.80. The molecule has 1 amide bonds. The molecule has 0 bridgehead atoms. The molecule has 0 saturated heterocycles. The van der Waals surface area contributed by atoms with E-state index in [1.54, 1.807) is 0 Å². The van der Waals surface area contributed by atoms with Crippen molar-refractivity contribution in [1.29, 1.82) is 0 Å². The summed E-state index contributed by atoms with van der Waals surface area (Å²) in [5, 5.41) is 11.1. The van der Waals surface area contributed by atoms with Crippen molar-refractivity contribution in [3.8, 4) is 0 Å². The highest BCUT2D eigenvalue weighted by Crippen LogP contribution is 2.38. The van der Waals surface area contributed by atoms with E-state index < -0.39 is 11.9 Å². The predicted octanol–water partition coefficient (Wildman–Crippen LogP) is -0.157. The molecule has 2 atom stereocenters. The van der Waals surface area contributed by atoms with Crippen molar-refractivity contribution >= 4 is 11.9 Å². The number of carboxylic acids is 1. The average Bonchev–Trinajstić information content (AvgIpc) is 2.65. The number of carboxylic acid groups (broad SMARTS) is 1. The third kappa shape index (κ3) is 1.69. The van der Waals surface area contributed by atoms with Gasteiger partial charge in [-0.05, 0) is 13.3 Å². The van der Waals surface area contributed by atoms with E-state index >= 15 is 0 Å². The molecule has 62 valence electrons. The van der Waals surface area contributed by atoms with Crippen LogP contribution in [-0.2, 0) is 9.59 Å². The van der Waals surface area contributed by atoms with Crippen LogP contribution in [0.2, 0.25) is 0 Å². The second kappa shape index (κ2) is 2.90. The first kappa shape index (κ1) is 8.04. The highest BCUT2D eigenvalue weighted by Gasteiger charge is 2.47. The molecule has 11 heavy (non-hydrogen) atoms. The summed E-state index contributed by atoms with van der Waals surface area (Å²) in [6, 6.07) is 0. The zero-order valence-electron chi connectivity index (χ0n) is 6.33. The summed E-state index contributed by atoms with van der Waals surface area (Å²) in [6.45, 7) is 2.39. The van der Waals surface area contributed by atoms with Crippen molar-refractivity contribution < 1.29 is 14.7 Å². The minimum absolute atomic E-state index is 0.125. The van der Waals surface area contributed by atoms with Crippen LogP contribution >= 0.6 is 0 Å². The van der Waals surface area contributed by atoms with Crippen molar-refractivity contribution in [2.45, 2.75) is 13.3 Å². The van der Waals surface area contributed by atoms with Gasteiger partial charge in [-0.2, -0.15) is 0 Å². The summed E-state index contributed by atoms with van der Waals surface area (Å²) in [5.41, 5.74) is 0. The molecule has 0 heterocycles. The van der Waals surface area contributed by atoms with Crippen molar-refractivity contribution in [2.24, 2.45) is 11.8 Å². The fourth-order valence-corrected chi connectivity index (χ4v) is 1.06. The minimum atomic E-state index is -0.860. The molecule has 0 spiro atoms. The van der Waals surface area contributed by atoms with Crippen LogP contribution in [0.25, 0.3) is 0 Å². The Balaban J connectivity index is 2.32. The van der Waals surface area contributed by atoms with Crippen molar-refractivity contribution in [3.63, 3.8) is 0 Å². The number of nitrogens with one attached hydrogen (secondary N) is 1. The third-order valence-electron chi connectivity index (χ3n) is 1.80. The van der Waals surface area contributed by atoms with Gasteiger partial charge in [0.25, 0.3) is 0 Å². The fourth-order valence-electron chi connectivity index (χ4n) is 1.06. The Morgan fingerprint density at radius 3 is 2.55 bits per heavy atom. The number of rotatable bonds is 3. The fraction of sp³-hybridized carbons (Fsp3) is 0.714. The largest absolute Gasteiger partial charge is 0.481 e. The Bertz CT molecular complexity index is 190. The zero-order chi connectivity index (χ0) is 8.43. The minimum Gasteiger partial charge on any atom is -0.481 e. The van der Waals surface area contributed by atoms with Crippen LogP contribution in [0.4, 0.5) is 0 Å². The Morgan fingerprint density at radius 1 is 1.55 bits per heavy atom. The number of hydrogen-bond acceptors (Lipinski definition) is 2. The first-order valence-electron chi connectivity index (χ1n) is 3.67. The molecule has 0 aromatic rings. The van der Waals surface area contributed by atoms with E-state index in [9.17, 15) is 9.59 Å². The van der Waals surface area contributed by atoms with E-state index in [0.717, 1.165) is 0 Å². The van der Waals surface area contributed by atoms with Gasteiger partial charge in [0.05, 0.1) is 11.8 Å². The van der Waals surface area contributed by atoms with Gasteiger partial charge in [-0.25, -0.2) is 0 Å². The van der Waals surface area contributed by atoms with Crippen LogP contribution < -0.4 is 5.32 Å². The number of amides is 1. The standard InChI is InChI=1S/C7H11NO3/c1-2-8-6(9)4-3-5(4)7(10)11/h4-5H,2-3H2,1H3,(H,8,9)(H,10,11)/t4-,5-/m0/s1. The number of carbonyl (C=O) groups is 2. The lowest BCUT2D eigenvalue weighted by molar-refractivity contribution is -0.140. The van der Waals surface area contributed by atoms with E-state index in [1.807, 2.05) is 6.92 Å². The van der Waals surface area contributed by atoms with Crippen molar-refractivity contribution in [3.05, 3.63) is 0 Å². The van der Waals surface area contributed by atoms with Gasteiger partial charge >= 0.3 is 5.97 Å². The van der Waals surface area contributed by atoms with Gasteiger partial charge < -0.3 is 10.4 Å². The molecule has 1 aliphatic carbocycles. The van der Waals surface area contributed by atoms with E-state index in [-0.39, 0.29) is 11.8 Å². The second-order valence-electron chi connectivity index (χ2n) is 2.68. The van der Waals surface area contributed by atoms with E-state index in [1.165, 1.54) is 0 Å². The first-order valence-corrected chi connectivity index (χ1v) is 3.67. The van der Waals surface area contributed by atoms with Crippen LogP contribution in [0.1, 0.15) is 13.3 Å². The Kier molecular flexibility index (Phi) is 2.12. The molecular formula is C7H11NO3. The summed E-state index contributed by atoms with van der Waals surface area (Å²) in [5.74, 6) is -1.69. The SMILES string of the molecule is CCNC(=O)[C@H]1C[C@@H]1C(=O)O. The molecule has 4 nitrogen and oxygen atoms in total. The van der Waals surface area contributed by atoms with Gasteiger partial charge in [-0.1, -0.05) is 0 Å². The monoisotopic (exact) mass is 157 g/mol. The molecule has 1 rings (SSSR count). The first-order chi connectivity index (χ1) is 5.16. The normalized spacial score (nSPS) is 27.7. The number of carbonyl (C=O) groups excluding carboxylic acids is 1. The quantitative estimate of drug-likeness (QED) is 0.598. The number of hydrogen-bond donors (Lipinski definition) is 2. The topological polar surface area (TPSA) is 66.4 Å².